The first kappa shape index (κ1) is 21.2. The summed E-state index contributed by atoms with van der Waals surface area (Å²) in [5, 5.41) is 4.85. The molecular weight excluding hydrogens is 459 g/mol. The Balaban J connectivity index is 1.70. The number of carbonyl (C=O) groups excluding carboxylic acids is 3. The maximum Gasteiger partial charge on any atom is 0.411 e. The maximum atomic E-state index is 12.7. The van der Waals surface area contributed by atoms with E-state index >= 15 is 0 Å². The van der Waals surface area contributed by atoms with Gasteiger partial charge in [0, 0.05) is 15.9 Å². The molecule has 6 nitrogen and oxygen atoms in total. The molecule has 3 amide bonds. The van der Waals surface area contributed by atoms with E-state index in [2.05, 4.69) is 10.1 Å². The van der Waals surface area contributed by atoms with Gasteiger partial charge in [-0.3, -0.25) is 14.9 Å². The second-order valence-electron chi connectivity index (χ2n) is 6.47. The topological polar surface area (TPSA) is 75.7 Å². The third-order valence-corrected chi connectivity index (χ3v) is 6.42. The van der Waals surface area contributed by atoms with Crippen molar-refractivity contribution in [3.63, 3.8) is 0 Å². The van der Waals surface area contributed by atoms with E-state index in [1.165, 1.54) is 17.8 Å². The van der Waals surface area contributed by atoms with Crippen molar-refractivity contribution in [2.24, 2.45) is 0 Å². The van der Waals surface area contributed by atoms with Gasteiger partial charge in [0.15, 0.2) is 0 Å². The molecule has 0 bridgehead atoms. The number of benzene rings is 3. The van der Waals surface area contributed by atoms with Crippen molar-refractivity contribution in [1.29, 1.82) is 0 Å². The van der Waals surface area contributed by atoms with Crippen LogP contribution in [-0.4, -0.2) is 25.0 Å². The van der Waals surface area contributed by atoms with Gasteiger partial charge in [-0.05, 0) is 29.0 Å². The van der Waals surface area contributed by atoms with Gasteiger partial charge in [0.1, 0.15) is 5.70 Å². The van der Waals surface area contributed by atoms with E-state index in [1.807, 2.05) is 42.5 Å². The minimum Gasteiger partial charge on any atom is -0.453 e. The fourth-order valence-corrected chi connectivity index (χ4v) is 4.71. The van der Waals surface area contributed by atoms with Gasteiger partial charge in [0.05, 0.1) is 22.8 Å². The molecule has 156 valence electrons. The van der Waals surface area contributed by atoms with E-state index in [0.717, 1.165) is 33.8 Å². The number of rotatable bonds is 4. The van der Waals surface area contributed by atoms with Crippen LogP contribution in [0.2, 0.25) is 10.0 Å². The van der Waals surface area contributed by atoms with Crippen LogP contribution in [0.25, 0.3) is 10.8 Å². The Bertz CT molecular complexity index is 1270. The Morgan fingerprint density at radius 2 is 1.74 bits per heavy atom. The zero-order chi connectivity index (χ0) is 22.1. The summed E-state index contributed by atoms with van der Waals surface area (Å²) in [5.74, 6) is -1.36. The van der Waals surface area contributed by atoms with Crippen LogP contribution in [-0.2, 0) is 14.3 Å². The Morgan fingerprint density at radius 3 is 2.52 bits per heavy atom. The maximum absolute atomic E-state index is 12.7. The zero-order valence-corrected chi connectivity index (χ0v) is 18.3. The van der Waals surface area contributed by atoms with Crippen LogP contribution < -0.4 is 10.2 Å². The number of amides is 3. The molecule has 31 heavy (non-hydrogen) atoms. The molecule has 0 spiro atoms. The second kappa shape index (κ2) is 8.63. The second-order valence-corrected chi connectivity index (χ2v) is 8.36. The first-order valence-corrected chi connectivity index (χ1v) is 10.6. The molecule has 0 radical (unpaired) electrons. The molecule has 3 aromatic rings. The van der Waals surface area contributed by atoms with Gasteiger partial charge in [-0.25, -0.2) is 9.69 Å². The van der Waals surface area contributed by atoms with Gasteiger partial charge in [0.2, 0.25) is 0 Å². The number of fused-ring (bicyclic) bond motifs is 1. The molecule has 1 aliphatic heterocycles. The van der Waals surface area contributed by atoms with Crippen LogP contribution in [0.5, 0.6) is 0 Å². The van der Waals surface area contributed by atoms with Crippen LogP contribution in [0.4, 0.5) is 10.5 Å². The highest BCUT2D eigenvalue weighted by molar-refractivity contribution is 7.99. The summed E-state index contributed by atoms with van der Waals surface area (Å²) in [4.78, 5) is 39.1. The van der Waals surface area contributed by atoms with Crippen molar-refractivity contribution in [1.82, 2.24) is 5.32 Å². The Morgan fingerprint density at radius 1 is 1.00 bits per heavy atom. The summed E-state index contributed by atoms with van der Waals surface area (Å²) in [6.45, 7) is 0. The summed E-state index contributed by atoms with van der Waals surface area (Å²) in [6, 6.07) is 16.9. The van der Waals surface area contributed by atoms with E-state index in [-0.39, 0.29) is 16.4 Å². The highest BCUT2D eigenvalue weighted by atomic mass is 35.5. The molecule has 0 aliphatic carbocycles. The summed E-state index contributed by atoms with van der Waals surface area (Å²) in [6.07, 6.45) is 0.158. The van der Waals surface area contributed by atoms with Crippen molar-refractivity contribution in [3.05, 3.63) is 76.4 Å². The number of halogens is 2. The lowest BCUT2D eigenvalue weighted by atomic mass is 10.1. The third kappa shape index (κ3) is 4.12. The number of ether oxygens (including phenoxy) is 1. The van der Waals surface area contributed by atoms with Crippen molar-refractivity contribution < 1.29 is 19.1 Å². The number of methoxy groups -OCH3 is 1. The van der Waals surface area contributed by atoms with E-state index in [1.54, 1.807) is 6.07 Å². The number of alkyl carbamates (subject to hydrolysis) is 1. The van der Waals surface area contributed by atoms with Crippen molar-refractivity contribution in [2.45, 2.75) is 9.79 Å². The van der Waals surface area contributed by atoms with Gasteiger partial charge in [-0.15, -0.1) is 0 Å². The SMILES string of the molecule is COC(=O)NC1=CC(=O)N(c2cc(Sc3cccc4ccccc34)c(Cl)cc2Cl)C1=O. The lowest BCUT2D eigenvalue weighted by Gasteiger charge is -2.18. The minimum absolute atomic E-state index is 0.127. The number of anilines is 1. The molecule has 0 unspecified atom stereocenters. The van der Waals surface area contributed by atoms with Crippen molar-refractivity contribution >= 4 is 69.3 Å². The van der Waals surface area contributed by atoms with Gasteiger partial charge in [-0.1, -0.05) is 71.4 Å². The fourth-order valence-electron chi connectivity index (χ4n) is 3.12. The normalized spacial score (nSPS) is 13.5. The van der Waals surface area contributed by atoms with Gasteiger partial charge in [-0.2, -0.15) is 0 Å². The molecule has 3 aromatic carbocycles. The molecule has 0 fully saturated rings. The lowest BCUT2D eigenvalue weighted by Crippen LogP contribution is -2.35. The number of carbonyl (C=O) groups is 3. The molecule has 0 saturated carbocycles. The van der Waals surface area contributed by atoms with Gasteiger partial charge >= 0.3 is 6.09 Å². The Labute approximate surface area is 191 Å². The molecular formula is C22H14Cl2N2O4S. The first-order valence-electron chi connectivity index (χ1n) is 8.99. The van der Waals surface area contributed by atoms with Crippen molar-refractivity contribution in [2.75, 3.05) is 12.0 Å². The van der Waals surface area contributed by atoms with Crippen LogP contribution >= 0.6 is 35.0 Å². The average Bonchev–Trinajstić information content (AvgIpc) is 3.03. The number of hydrogen-bond donors (Lipinski definition) is 1. The Kier molecular flexibility index (Phi) is 5.91. The highest BCUT2D eigenvalue weighted by Crippen LogP contribution is 2.42. The van der Waals surface area contributed by atoms with E-state index in [4.69, 9.17) is 23.2 Å². The van der Waals surface area contributed by atoms with Gasteiger partial charge < -0.3 is 4.74 Å². The van der Waals surface area contributed by atoms with Gasteiger partial charge in [0.25, 0.3) is 11.8 Å². The first-order chi connectivity index (χ1) is 14.9. The smallest absolute Gasteiger partial charge is 0.411 e. The van der Waals surface area contributed by atoms with E-state index in [9.17, 15) is 14.4 Å². The Hall–Kier alpha value is -3.00. The van der Waals surface area contributed by atoms with Crippen LogP contribution in [0.3, 0.4) is 0 Å². The van der Waals surface area contributed by atoms with Crippen LogP contribution in [0, 0.1) is 0 Å². The standard InChI is InChI=1S/C22H14Cl2N2O4S/c1-30-22(29)25-16-10-20(27)26(21(16)28)17-11-19(15(24)9-14(17)23)31-18-8-4-6-12-5-2-3-7-13(12)18/h2-11H,1H3,(H,25,29). The highest BCUT2D eigenvalue weighted by Gasteiger charge is 2.35. The summed E-state index contributed by atoms with van der Waals surface area (Å²) < 4.78 is 4.48. The molecule has 1 N–H and O–H groups in total. The fraction of sp³-hybridized carbons (Fsp3) is 0.0455. The number of imide groups is 1. The average molecular weight is 473 g/mol. The third-order valence-electron chi connectivity index (χ3n) is 4.56. The van der Waals surface area contributed by atoms with Crippen molar-refractivity contribution in [3.8, 4) is 0 Å². The minimum atomic E-state index is -0.858. The molecule has 0 saturated heterocycles. The predicted molar refractivity (Wildman–Crippen MR) is 121 cm³/mol. The van der Waals surface area contributed by atoms with E-state index in [0.29, 0.717) is 9.92 Å². The predicted octanol–water partition coefficient (Wildman–Crippen LogP) is 5.41. The zero-order valence-electron chi connectivity index (χ0n) is 16.0. The number of nitrogens with one attached hydrogen (secondary N) is 1. The summed E-state index contributed by atoms with van der Waals surface area (Å²) >= 11 is 14.1. The number of hydrogen-bond acceptors (Lipinski definition) is 5. The quantitative estimate of drug-likeness (QED) is 0.513. The monoisotopic (exact) mass is 472 g/mol. The largest absolute Gasteiger partial charge is 0.453 e. The molecule has 0 atom stereocenters. The van der Waals surface area contributed by atoms with Crippen LogP contribution in [0.15, 0.2) is 76.2 Å². The number of nitrogens with zero attached hydrogens (tertiary/aromatic N) is 1. The summed E-state index contributed by atoms with van der Waals surface area (Å²) in [7, 11) is 1.15. The summed E-state index contributed by atoms with van der Waals surface area (Å²) in [5.41, 5.74) is -0.0344. The van der Waals surface area contributed by atoms with Crippen LogP contribution in [0.1, 0.15) is 0 Å². The molecule has 4 rings (SSSR count). The molecule has 9 heteroatoms. The van der Waals surface area contributed by atoms with E-state index < -0.39 is 17.9 Å². The molecule has 0 aromatic heterocycles. The molecule has 1 heterocycles. The molecule has 1 aliphatic rings. The lowest BCUT2D eigenvalue weighted by molar-refractivity contribution is -0.120.